The van der Waals surface area contributed by atoms with Crippen molar-refractivity contribution in [1.82, 2.24) is 20.1 Å². The average Bonchev–Trinajstić information content (AvgIpc) is 3.31. The molecule has 0 spiro atoms. The summed E-state index contributed by atoms with van der Waals surface area (Å²) < 4.78 is 1.96. The molecule has 0 saturated heterocycles. The van der Waals surface area contributed by atoms with E-state index in [0.29, 0.717) is 16.4 Å². The number of hydrogen-bond donors (Lipinski definition) is 2. The minimum absolute atomic E-state index is 0.133. The summed E-state index contributed by atoms with van der Waals surface area (Å²) in [5.41, 5.74) is 1.90. The molecule has 5 rings (SSSR count). The van der Waals surface area contributed by atoms with Gasteiger partial charge in [0.25, 0.3) is 5.91 Å². The quantitative estimate of drug-likeness (QED) is 0.363. The van der Waals surface area contributed by atoms with Crippen molar-refractivity contribution >= 4 is 40.6 Å². The summed E-state index contributed by atoms with van der Waals surface area (Å²) in [6.45, 7) is 0. The average molecular weight is 476 g/mol. The fourth-order valence-corrected chi connectivity index (χ4v) is 4.79. The van der Waals surface area contributed by atoms with Gasteiger partial charge in [-0.15, -0.1) is 21.5 Å². The molecule has 2 aromatic carbocycles. The van der Waals surface area contributed by atoms with Crippen molar-refractivity contribution in [2.75, 3.05) is 11.1 Å². The van der Waals surface area contributed by atoms with Crippen LogP contribution in [0.5, 0.6) is 0 Å². The zero-order chi connectivity index (χ0) is 22.6. The number of carbonyl (C=O) groups excluding carboxylic acids is 2. The molecule has 166 valence electrons. The van der Waals surface area contributed by atoms with Crippen LogP contribution < -0.4 is 10.6 Å². The highest BCUT2D eigenvalue weighted by Crippen LogP contribution is 2.30. The summed E-state index contributed by atoms with van der Waals surface area (Å²) in [4.78, 5) is 26.3. The third-order valence-corrected chi connectivity index (χ3v) is 6.87. The summed E-state index contributed by atoms with van der Waals surface area (Å²) in [7, 11) is 0. The van der Waals surface area contributed by atoms with Gasteiger partial charge >= 0.3 is 0 Å². The Kier molecular flexibility index (Phi) is 6.23. The van der Waals surface area contributed by atoms with Crippen molar-refractivity contribution in [3.63, 3.8) is 0 Å². The number of aromatic nitrogens is 3. The first-order chi connectivity index (χ1) is 16.2. The fraction of sp³-hybridized carbons (Fsp3) is 0.167. The van der Waals surface area contributed by atoms with Gasteiger partial charge in [0.15, 0.2) is 11.0 Å². The van der Waals surface area contributed by atoms with Crippen molar-refractivity contribution in [2.24, 2.45) is 0 Å². The highest BCUT2D eigenvalue weighted by molar-refractivity contribution is 7.99. The third-order valence-electron chi connectivity index (χ3n) is 5.08. The number of hydrogen-bond acceptors (Lipinski definition) is 6. The van der Waals surface area contributed by atoms with E-state index < -0.39 is 0 Å². The van der Waals surface area contributed by atoms with E-state index in [-0.39, 0.29) is 23.6 Å². The number of carbonyl (C=O) groups is 2. The van der Waals surface area contributed by atoms with Crippen molar-refractivity contribution in [3.05, 3.63) is 77.7 Å². The lowest BCUT2D eigenvalue weighted by atomic mass is 10.1. The van der Waals surface area contributed by atoms with E-state index in [2.05, 4.69) is 20.8 Å². The molecule has 7 nitrogen and oxygen atoms in total. The van der Waals surface area contributed by atoms with Gasteiger partial charge in [0, 0.05) is 11.7 Å². The molecule has 2 N–H and O–H groups in total. The van der Waals surface area contributed by atoms with Crippen LogP contribution in [0.1, 0.15) is 23.2 Å². The number of para-hydroxylation sites is 2. The second-order valence-corrected chi connectivity index (χ2v) is 9.47. The van der Waals surface area contributed by atoms with Crippen LogP contribution in [0.15, 0.2) is 77.3 Å². The Hall–Kier alpha value is -3.43. The predicted octanol–water partition coefficient (Wildman–Crippen LogP) is 4.62. The van der Waals surface area contributed by atoms with Crippen LogP contribution >= 0.6 is 23.1 Å². The maximum atomic E-state index is 12.8. The molecule has 1 aliphatic carbocycles. The Labute approximate surface area is 199 Å². The zero-order valence-electron chi connectivity index (χ0n) is 17.6. The highest BCUT2D eigenvalue weighted by Gasteiger charge is 2.25. The molecule has 1 fully saturated rings. The second kappa shape index (κ2) is 9.60. The first-order valence-corrected chi connectivity index (χ1v) is 12.4. The van der Waals surface area contributed by atoms with E-state index in [9.17, 15) is 9.59 Å². The van der Waals surface area contributed by atoms with Crippen LogP contribution in [0.4, 0.5) is 5.69 Å². The third kappa shape index (κ3) is 4.99. The normalized spacial score (nSPS) is 13.0. The van der Waals surface area contributed by atoms with Crippen molar-refractivity contribution in [2.45, 2.75) is 24.0 Å². The largest absolute Gasteiger partial charge is 0.349 e. The van der Waals surface area contributed by atoms with Gasteiger partial charge in [-0.3, -0.25) is 14.2 Å². The molecule has 0 aliphatic heterocycles. The summed E-state index contributed by atoms with van der Waals surface area (Å²) in [6.07, 6.45) is 2.01. The topological polar surface area (TPSA) is 88.9 Å². The predicted molar refractivity (Wildman–Crippen MR) is 131 cm³/mol. The monoisotopic (exact) mass is 475 g/mol. The number of thioether (sulfide) groups is 1. The summed E-state index contributed by atoms with van der Waals surface area (Å²) in [5, 5.41) is 17.2. The summed E-state index contributed by atoms with van der Waals surface area (Å²) in [6, 6.07) is 21.1. The van der Waals surface area contributed by atoms with Gasteiger partial charge in [-0.25, -0.2) is 0 Å². The van der Waals surface area contributed by atoms with Gasteiger partial charge in [-0.1, -0.05) is 48.2 Å². The molecule has 1 saturated carbocycles. The minimum atomic E-state index is -0.216. The number of nitrogens with one attached hydrogen (secondary N) is 2. The zero-order valence-corrected chi connectivity index (χ0v) is 19.2. The van der Waals surface area contributed by atoms with Crippen LogP contribution in [0.2, 0.25) is 0 Å². The molecular weight excluding hydrogens is 454 g/mol. The minimum Gasteiger partial charge on any atom is -0.349 e. The van der Waals surface area contributed by atoms with Crippen LogP contribution in [0, 0.1) is 0 Å². The van der Waals surface area contributed by atoms with Crippen molar-refractivity contribution < 1.29 is 9.59 Å². The standard InChI is InChI=1S/C24H21N5O2S2/c30-21(26-19-10-5-4-9-18(19)23(31)25-16-12-13-16)15-33-24-28-27-22(20-11-6-14-32-20)29(24)17-7-2-1-3-8-17/h1-11,14,16H,12-13,15H2,(H,25,31)(H,26,30). The van der Waals surface area contributed by atoms with Gasteiger partial charge in [-0.2, -0.15) is 0 Å². The van der Waals surface area contributed by atoms with E-state index in [1.165, 1.54) is 11.8 Å². The van der Waals surface area contributed by atoms with Gasteiger partial charge in [0.1, 0.15) is 0 Å². The summed E-state index contributed by atoms with van der Waals surface area (Å²) >= 11 is 2.89. The Balaban J connectivity index is 1.32. The SMILES string of the molecule is O=C(CSc1nnc(-c2cccs2)n1-c1ccccc1)Nc1ccccc1C(=O)NC1CC1. The van der Waals surface area contributed by atoms with Crippen molar-refractivity contribution in [3.8, 4) is 16.4 Å². The number of rotatable bonds is 8. The molecule has 0 atom stereocenters. The Bertz CT molecular complexity index is 1270. The lowest BCUT2D eigenvalue weighted by Gasteiger charge is -2.12. The lowest BCUT2D eigenvalue weighted by molar-refractivity contribution is -0.113. The van der Waals surface area contributed by atoms with Crippen LogP contribution in [-0.2, 0) is 4.79 Å². The van der Waals surface area contributed by atoms with E-state index in [1.807, 2.05) is 52.4 Å². The number of thiophene rings is 1. The van der Waals surface area contributed by atoms with Crippen LogP contribution in [0.25, 0.3) is 16.4 Å². The van der Waals surface area contributed by atoms with Gasteiger partial charge in [-0.05, 0) is 48.6 Å². The van der Waals surface area contributed by atoms with E-state index in [1.54, 1.807) is 35.6 Å². The molecule has 0 radical (unpaired) electrons. The molecule has 2 aromatic heterocycles. The second-order valence-electron chi connectivity index (χ2n) is 7.58. The van der Waals surface area contributed by atoms with E-state index in [4.69, 9.17) is 0 Å². The van der Waals surface area contributed by atoms with Crippen LogP contribution in [-0.4, -0.2) is 38.4 Å². The molecule has 4 aromatic rings. The molecule has 9 heteroatoms. The first kappa shape index (κ1) is 21.4. The van der Waals surface area contributed by atoms with Gasteiger partial charge < -0.3 is 10.6 Å². The fourth-order valence-electron chi connectivity index (χ4n) is 3.34. The maximum Gasteiger partial charge on any atom is 0.253 e. The molecule has 1 aliphatic rings. The Morgan fingerprint density at radius 3 is 2.55 bits per heavy atom. The molecule has 2 heterocycles. The molecule has 33 heavy (non-hydrogen) atoms. The molecule has 0 bridgehead atoms. The molecule has 0 unspecified atom stereocenters. The summed E-state index contributed by atoms with van der Waals surface area (Å²) in [5.74, 6) is 0.493. The Morgan fingerprint density at radius 2 is 1.79 bits per heavy atom. The van der Waals surface area contributed by atoms with Crippen molar-refractivity contribution in [1.29, 1.82) is 0 Å². The van der Waals surface area contributed by atoms with E-state index >= 15 is 0 Å². The highest BCUT2D eigenvalue weighted by atomic mass is 32.2. The smallest absolute Gasteiger partial charge is 0.253 e. The number of amides is 2. The first-order valence-electron chi connectivity index (χ1n) is 10.6. The van der Waals surface area contributed by atoms with Gasteiger partial charge in [0.05, 0.1) is 21.9 Å². The van der Waals surface area contributed by atoms with Crippen LogP contribution in [0.3, 0.4) is 0 Å². The number of benzene rings is 2. The molecule has 2 amide bonds. The number of nitrogens with zero attached hydrogens (tertiary/aromatic N) is 3. The van der Waals surface area contributed by atoms with Gasteiger partial charge in [0.2, 0.25) is 5.91 Å². The lowest BCUT2D eigenvalue weighted by Crippen LogP contribution is -2.27. The van der Waals surface area contributed by atoms with E-state index in [0.717, 1.165) is 29.2 Å². The maximum absolute atomic E-state index is 12.8. The molecular formula is C24H21N5O2S2. The Morgan fingerprint density at radius 1 is 1.00 bits per heavy atom. The number of anilines is 1.